The Kier molecular flexibility index (Phi) is 28.6. The minimum Gasteiger partial charge on any atom is -0.493 e. The van der Waals surface area contributed by atoms with Gasteiger partial charge in [-0.2, -0.15) is 0 Å². The fraction of sp³-hybridized carbons (Fsp3) is 0.718. The van der Waals surface area contributed by atoms with E-state index in [1.165, 1.54) is 11.0 Å². The summed E-state index contributed by atoms with van der Waals surface area (Å²) < 4.78 is 23.3. The van der Waals surface area contributed by atoms with E-state index in [9.17, 15) is 29.4 Å². The quantitative estimate of drug-likeness (QED) is 0.0212. The number of likely N-dealkylation sites (tertiary alicyclic amines) is 4. The van der Waals surface area contributed by atoms with Gasteiger partial charge in [-0.05, 0) is 111 Å². The van der Waals surface area contributed by atoms with Crippen molar-refractivity contribution >= 4 is 41.6 Å². The molecule has 4 aliphatic heterocycles. The molecule has 4 fully saturated rings. The number of benzene rings is 2. The number of ether oxygens (including phenoxy) is 4. The minimum absolute atomic E-state index is 0.00484. The predicted octanol–water partition coefficient (Wildman–Crippen LogP) is 13.3. The van der Waals surface area contributed by atoms with Gasteiger partial charge < -0.3 is 39.0 Å². The van der Waals surface area contributed by atoms with Gasteiger partial charge in [-0.15, -0.1) is 0 Å². The molecule has 4 saturated heterocycles. The first-order valence-electron chi connectivity index (χ1n) is 33.8. The fourth-order valence-corrected chi connectivity index (χ4v) is 13.6. The number of rotatable bonds is 38. The summed E-state index contributed by atoms with van der Waals surface area (Å²) >= 11 is 0. The first kappa shape index (κ1) is 70.8. The summed E-state index contributed by atoms with van der Waals surface area (Å²) in [5.41, 5.74) is 0.295. The number of hydrogen-bond acceptors (Lipinski definition) is 13. The van der Waals surface area contributed by atoms with Gasteiger partial charge in [0.05, 0.1) is 37.6 Å². The first-order valence-corrected chi connectivity index (χ1v) is 33.8. The van der Waals surface area contributed by atoms with Crippen molar-refractivity contribution in [2.45, 2.75) is 247 Å². The van der Waals surface area contributed by atoms with Crippen LogP contribution in [-0.2, 0) is 28.7 Å². The molecule has 6 rings (SSSR count). The van der Waals surface area contributed by atoms with Crippen molar-refractivity contribution in [1.29, 1.82) is 0 Å². The van der Waals surface area contributed by atoms with E-state index in [2.05, 4.69) is 55.4 Å². The van der Waals surface area contributed by atoms with Crippen LogP contribution in [0.1, 0.15) is 239 Å². The number of imide groups is 1. The molecule has 2 aromatic carbocycles. The largest absolute Gasteiger partial charge is 0.493 e. The smallest absolute Gasteiger partial charge is 0.347 e. The van der Waals surface area contributed by atoms with Crippen LogP contribution >= 0.6 is 0 Å². The lowest BCUT2D eigenvalue weighted by atomic mass is 9.68. The molecule has 8 unspecified atom stereocenters. The molecular weight excluding hydrogens is 1100 g/mol. The van der Waals surface area contributed by atoms with Gasteiger partial charge in [-0.25, -0.2) is 9.59 Å². The molecule has 486 valence electrons. The molecule has 4 heterocycles. The van der Waals surface area contributed by atoms with E-state index in [1.54, 1.807) is 53.4 Å². The lowest BCUT2D eigenvalue weighted by Crippen LogP contribution is -2.52. The molecule has 0 bridgehead atoms. The number of nitrogens with zero attached hydrogens (tertiary/aromatic N) is 4. The van der Waals surface area contributed by atoms with Crippen LogP contribution < -0.4 is 14.2 Å². The zero-order chi connectivity index (χ0) is 63.1. The van der Waals surface area contributed by atoms with Crippen LogP contribution in [0.3, 0.4) is 0 Å². The van der Waals surface area contributed by atoms with E-state index in [0.29, 0.717) is 94.4 Å². The topological polar surface area (TPSA) is 193 Å². The Hall–Kier alpha value is -5.32. The molecular formula is C71H110N4O12. The number of carbonyl (C=O) groups excluding carboxylic acids is 6. The Balaban J connectivity index is 1.04. The van der Waals surface area contributed by atoms with E-state index in [1.807, 2.05) is 16.7 Å². The Labute approximate surface area is 521 Å². The molecule has 0 aromatic heterocycles. The monoisotopic (exact) mass is 1210 g/mol. The van der Waals surface area contributed by atoms with Crippen LogP contribution in [0.15, 0.2) is 48.5 Å². The molecule has 0 radical (unpaired) electrons. The summed E-state index contributed by atoms with van der Waals surface area (Å²) in [7, 11) is 0. The number of aliphatic hydroxyl groups excluding tert-OH is 2. The summed E-state index contributed by atoms with van der Waals surface area (Å²) in [6.07, 6.45) is 22.5. The molecule has 4 aliphatic rings. The third-order valence-corrected chi connectivity index (χ3v) is 18.2. The number of aliphatic hydroxyl groups is 2. The van der Waals surface area contributed by atoms with E-state index in [4.69, 9.17) is 18.9 Å². The van der Waals surface area contributed by atoms with Crippen molar-refractivity contribution in [2.24, 2.45) is 34.5 Å². The lowest BCUT2D eigenvalue weighted by Gasteiger charge is -2.42. The molecule has 4 amide bonds. The van der Waals surface area contributed by atoms with E-state index in [0.717, 1.165) is 128 Å². The highest BCUT2D eigenvalue weighted by molar-refractivity contribution is 6.06. The SMILES string of the molecule is CCCCCCOc1ccc(C(=O)Oc2ccc(/C=C/C(=O)OCCCC)cc2)c(OCCCCCCCCCCCN2C(=O)C(CC(C3C(=O)N(CCCCCC)C(O)C3C(C)(C)C)N3CCCC3O)C(C(CC(C)(C)C)N3CCCC3=O)C2=O)c1. The van der Waals surface area contributed by atoms with Crippen LogP contribution in [0.4, 0.5) is 0 Å². The summed E-state index contributed by atoms with van der Waals surface area (Å²) in [6.45, 7) is 22.0. The normalized spacial score (nSPS) is 21.9. The average molecular weight is 1210 g/mol. The summed E-state index contributed by atoms with van der Waals surface area (Å²) in [5, 5.41) is 23.8. The van der Waals surface area contributed by atoms with Gasteiger partial charge >= 0.3 is 11.9 Å². The molecule has 87 heavy (non-hydrogen) atoms. The maximum Gasteiger partial charge on any atom is 0.347 e. The zero-order valence-corrected chi connectivity index (χ0v) is 54.7. The molecule has 16 nitrogen and oxygen atoms in total. The van der Waals surface area contributed by atoms with Gasteiger partial charge in [0.15, 0.2) is 0 Å². The van der Waals surface area contributed by atoms with Gasteiger partial charge in [0.25, 0.3) is 0 Å². The molecule has 0 spiro atoms. The molecule has 2 N–H and O–H groups in total. The maximum absolute atomic E-state index is 15.2. The second-order valence-corrected chi connectivity index (χ2v) is 27.5. The van der Waals surface area contributed by atoms with Gasteiger partial charge in [0, 0.05) is 62.7 Å². The van der Waals surface area contributed by atoms with Crippen LogP contribution in [0.5, 0.6) is 17.2 Å². The highest BCUT2D eigenvalue weighted by atomic mass is 16.5. The van der Waals surface area contributed by atoms with Crippen LogP contribution in [0.25, 0.3) is 6.08 Å². The van der Waals surface area contributed by atoms with Crippen molar-refractivity contribution < 1.29 is 57.9 Å². The second-order valence-electron chi connectivity index (χ2n) is 27.5. The summed E-state index contributed by atoms with van der Waals surface area (Å²) in [5.74, 6) is -2.99. The summed E-state index contributed by atoms with van der Waals surface area (Å²) in [4.78, 5) is 91.6. The Bertz CT molecular complexity index is 2520. The highest BCUT2D eigenvalue weighted by Crippen LogP contribution is 2.49. The fourth-order valence-electron chi connectivity index (χ4n) is 13.6. The number of unbranched alkanes of at least 4 members (excludes halogenated alkanes) is 15. The Morgan fingerprint density at radius 3 is 1.86 bits per heavy atom. The third-order valence-electron chi connectivity index (χ3n) is 18.2. The van der Waals surface area contributed by atoms with E-state index >= 15 is 9.59 Å². The standard InChI is InChI=1S/C71H110N4O12/c1-10-13-16-25-42-75-67(81)63(64(68(75)82)71(7,8)9)56(72-43-29-31-59(72)76)49-55-62(57(50-70(4,5)6)73-44-30-32-60(73)77)66(80)74(65(55)79)41-26-23-21-19-18-20-22-24-28-47-85-58-48-53(84-46-27-17-14-11-2)38-39-54(58)69(83)87-52-36-33-51(34-37-52)35-40-61(78)86-45-15-12-3/h33-40,48,55-57,59,62-64,68,76,82H,10-32,41-47,49-50H2,1-9H3/b40-35+. The van der Waals surface area contributed by atoms with Gasteiger partial charge in [-0.3, -0.25) is 29.0 Å². The Morgan fingerprint density at radius 2 is 1.25 bits per heavy atom. The predicted molar refractivity (Wildman–Crippen MR) is 341 cm³/mol. The van der Waals surface area contributed by atoms with Gasteiger partial charge in [0.1, 0.15) is 35.3 Å². The van der Waals surface area contributed by atoms with Gasteiger partial charge in [-0.1, -0.05) is 164 Å². The molecule has 0 saturated carbocycles. The van der Waals surface area contributed by atoms with Gasteiger partial charge in [0.2, 0.25) is 23.6 Å². The van der Waals surface area contributed by atoms with Crippen molar-refractivity contribution in [3.63, 3.8) is 0 Å². The van der Waals surface area contributed by atoms with Crippen LogP contribution in [0.2, 0.25) is 0 Å². The third kappa shape index (κ3) is 20.9. The minimum atomic E-state index is -1.02. The molecule has 8 atom stereocenters. The lowest BCUT2D eigenvalue weighted by molar-refractivity contribution is -0.142. The van der Waals surface area contributed by atoms with Crippen molar-refractivity contribution in [3.05, 3.63) is 59.7 Å². The zero-order valence-electron chi connectivity index (χ0n) is 54.7. The van der Waals surface area contributed by atoms with E-state index < -0.39 is 65.6 Å². The molecule has 16 heteroatoms. The number of esters is 2. The van der Waals surface area contributed by atoms with E-state index in [-0.39, 0.29) is 42.0 Å². The molecule has 0 aliphatic carbocycles. The highest BCUT2D eigenvalue weighted by Gasteiger charge is 2.60. The van der Waals surface area contributed by atoms with Crippen molar-refractivity contribution in [3.8, 4) is 17.2 Å². The number of hydrogen-bond donors (Lipinski definition) is 2. The van der Waals surface area contributed by atoms with Crippen LogP contribution in [-0.4, -0.2) is 136 Å². The number of amides is 4. The number of carbonyl (C=O) groups is 6. The Morgan fingerprint density at radius 1 is 0.644 bits per heavy atom. The van der Waals surface area contributed by atoms with Crippen molar-refractivity contribution in [1.82, 2.24) is 19.6 Å². The maximum atomic E-state index is 15.2. The summed E-state index contributed by atoms with van der Waals surface area (Å²) in [6, 6.07) is 11.0. The second kappa shape index (κ2) is 35.2. The first-order chi connectivity index (χ1) is 41.7. The molecule has 2 aromatic rings. The average Bonchev–Trinajstić information content (AvgIpc) is 1.63. The van der Waals surface area contributed by atoms with Crippen LogP contribution in [0, 0.1) is 34.5 Å². The van der Waals surface area contributed by atoms with Crippen molar-refractivity contribution in [2.75, 3.05) is 46.0 Å².